The van der Waals surface area contributed by atoms with Crippen LogP contribution >= 0.6 is 0 Å². The van der Waals surface area contributed by atoms with Crippen molar-refractivity contribution in [3.05, 3.63) is 11.6 Å². The summed E-state index contributed by atoms with van der Waals surface area (Å²) in [6, 6.07) is 0. The van der Waals surface area contributed by atoms with Gasteiger partial charge >= 0.3 is 0 Å². The Morgan fingerprint density at radius 2 is 1.55 bits per heavy atom. The molecule has 1 nitrogen and oxygen atoms in total. The van der Waals surface area contributed by atoms with Gasteiger partial charge in [-0.3, -0.25) is 0 Å². The SMILES string of the molecule is CC1=CCC2(C)C(O)CC3(C)C(CCC4C5(C)CCCC(C)(C)C5CCC43C)C2C1C. The summed E-state index contributed by atoms with van der Waals surface area (Å²) in [6.07, 6.45) is 14.3. The predicted octanol–water partition coefficient (Wildman–Crippen LogP) is 8.02. The Hall–Kier alpha value is -0.300. The Morgan fingerprint density at radius 1 is 0.839 bits per heavy atom. The van der Waals surface area contributed by atoms with Gasteiger partial charge in [-0.15, -0.1) is 0 Å². The van der Waals surface area contributed by atoms with E-state index in [1.807, 2.05) is 0 Å². The van der Waals surface area contributed by atoms with Crippen molar-refractivity contribution in [2.24, 2.45) is 56.7 Å². The van der Waals surface area contributed by atoms with Crippen molar-refractivity contribution in [3.63, 3.8) is 0 Å². The number of rotatable bonds is 0. The number of allylic oxidation sites excluding steroid dienone is 2. The van der Waals surface area contributed by atoms with Crippen molar-refractivity contribution in [2.45, 2.75) is 119 Å². The van der Waals surface area contributed by atoms with Crippen molar-refractivity contribution >= 4 is 0 Å². The van der Waals surface area contributed by atoms with Crippen LogP contribution in [0.4, 0.5) is 0 Å². The summed E-state index contributed by atoms with van der Waals surface area (Å²) in [5, 5.41) is 11.7. The van der Waals surface area contributed by atoms with Gasteiger partial charge < -0.3 is 5.11 Å². The number of aliphatic hydroxyl groups excluding tert-OH is 1. The highest BCUT2D eigenvalue weighted by Gasteiger charge is 2.70. The lowest BCUT2D eigenvalue weighted by Gasteiger charge is -2.74. The molecule has 5 rings (SSSR count). The van der Waals surface area contributed by atoms with Crippen LogP contribution in [0, 0.1) is 56.7 Å². The molecular formula is C30H50O. The largest absolute Gasteiger partial charge is 0.393 e. The first-order valence-electron chi connectivity index (χ1n) is 13.7. The van der Waals surface area contributed by atoms with E-state index in [-0.39, 0.29) is 16.9 Å². The fraction of sp³-hybridized carbons (Fsp3) is 0.933. The van der Waals surface area contributed by atoms with E-state index >= 15 is 0 Å². The minimum absolute atomic E-state index is 0.0697. The lowest BCUT2D eigenvalue weighted by atomic mass is 9.31. The molecule has 10 unspecified atom stereocenters. The molecule has 1 N–H and O–H groups in total. The van der Waals surface area contributed by atoms with Gasteiger partial charge in [0.1, 0.15) is 0 Å². The van der Waals surface area contributed by atoms with Gasteiger partial charge in [-0.05, 0) is 110 Å². The Labute approximate surface area is 192 Å². The minimum Gasteiger partial charge on any atom is -0.393 e. The maximum Gasteiger partial charge on any atom is 0.0605 e. The van der Waals surface area contributed by atoms with E-state index in [1.165, 1.54) is 44.9 Å². The van der Waals surface area contributed by atoms with E-state index < -0.39 is 0 Å². The molecule has 31 heavy (non-hydrogen) atoms. The van der Waals surface area contributed by atoms with Crippen molar-refractivity contribution in [1.82, 2.24) is 0 Å². The fourth-order valence-electron chi connectivity index (χ4n) is 11.4. The van der Waals surface area contributed by atoms with Crippen LogP contribution in [-0.2, 0) is 0 Å². The first kappa shape index (κ1) is 22.5. The van der Waals surface area contributed by atoms with Gasteiger partial charge in [0, 0.05) is 5.41 Å². The molecule has 0 amide bonds. The maximum atomic E-state index is 11.7. The standard InChI is InChI=1S/C30H50O/c1-19-12-16-28(6)24(31)18-30(8)21(25(28)20(19)2)10-11-23-27(5)15-9-14-26(3,4)22(27)13-17-29(23,30)7/h12,20-25,31H,9-11,13-18H2,1-8H3. The maximum absolute atomic E-state index is 11.7. The molecule has 0 aliphatic heterocycles. The topological polar surface area (TPSA) is 20.2 Å². The fourth-order valence-corrected chi connectivity index (χ4v) is 11.4. The van der Waals surface area contributed by atoms with E-state index in [1.54, 1.807) is 5.57 Å². The average molecular weight is 427 g/mol. The molecule has 5 aliphatic carbocycles. The van der Waals surface area contributed by atoms with Crippen LogP contribution in [0.5, 0.6) is 0 Å². The normalized spacial score (nSPS) is 58.3. The van der Waals surface area contributed by atoms with Crippen molar-refractivity contribution in [1.29, 1.82) is 0 Å². The van der Waals surface area contributed by atoms with Gasteiger partial charge in [0.15, 0.2) is 0 Å². The van der Waals surface area contributed by atoms with Gasteiger partial charge in [0.25, 0.3) is 0 Å². The van der Waals surface area contributed by atoms with E-state index in [9.17, 15) is 5.11 Å². The summed E-state index contributed by atoms with van der Waals surface area (Å²) < 4.78 is 0. The Kier molecular flexibility index (Phi) is 4.82. The summed E-state index contributed by atoms with van der Waals surface area (Å²) >= 11 is 0. The molecule has 0 aromatic carbocycles. The summed E-state index contributed by atoms with van der Waals surface area (Å²) in [7, 11) is 0. The molecule has 176 valence electrons. The summed E-state index contributed by atoms with van der Waals surface area (Å²) in [4.78, 5) is 0. The molecule has 0 bridgehead atoms. The summed E-state index contributed by atoms with van der Waals surface area (Å²) in [6.45, 7) is 20.4. The van der Waals surface area contributed by atoms with Crippen LogP contribution < -0.4 is 0 Å². The van der Waals surface area contributed by atoms with Crippen LogP contribution in [-0.4, -0.2) is 11.2 Å². The predicted molar refractivity (Wildman–Crippen MR) is 131 cm³/mol. The number of hydrogen-bond donors (Lipinski definition) is 1. The first-order valence-corrected chi connectivity index (χ1v) is 13.7. The Bertz CT molecular complexity index is 779. The second-order valence-electron chi connectivity index (χ2n) is 14.7. The van der Waals surface area contributed by atoms with Crippen LogP contribution in [0.3, 0.4) is 0 Å². The molecule has 0 spiro atoms. The molecule has 0 saturated heterocycles. The average Bonchev–Trinajstić information content (AvgIpc) is 2.66. The molecule has 0 aromatic heterocycles. The highest BCUT2D eigenvalue weighted by molar-refractivity contribution is 5.23. The monoisotopic (exact) mass is 426 g/mol. The van der Waals surface area contributed by atoms with E-state index in [2.05, 4.69) is 61.5 Å². The molecule has 4 fully saturated rings. The van der Waals surface area contributed by atoms with E-state index in [4.69, 9.17) is 0 Å². The first-order chi connectivity index (χ1) is 14.3. The zero-order chi connectivity index (χ0) is 22.6. The highest BCUT2D eigenvalue weighted by Crippen LogP contribution is 2.76. The molecule has 0 radical (unpaired) electrons. The molecule has 10 atom stereocenters. The van der Waals surface area contributed by atoms with Crippen LogP contribution in [0.25, 0.3) is 0 Å². The lowest BCUT2D eigenvalue weighted by molar-refractivity contribution is -0.260. The van der Waals surface area contributed by atoms with Crippen LogP contribution in [0.2, 0.25) is 0 Å². The van der Waals surface area contributed by atoms with Crippen molar-refractivity contribution < 1.29 is 5.11 Å². The van der Waals surface area contributed by atoms with Gasteiger partial charge in [-0.25, -0.2) is 0 Å². The van der Waals surface area contributed by atoms with E-state index in [0.29, 0.717) is 28.1 Å². The van der Waals surface area contributed by atoms with Crippen molar-refractivity contribution in [2.75, 3.05) is 0 Å². The Balaban J connectivity index is 1.58. The number of aliphatic hydroxyl groups is 1. The molecule has 4 saturated carbocycles. The molecule has 0 aromatic rings. The second kappa shape index (κ2) is 6.64. The van der Waals surface area contributed by atoms with Gasteiger partial charge in [-0.1, -0.05) is 66.5 Å². The zero-order valence-corrected chi connectivity index (χ0v) is 21.9. The zero-order valence-electron chi connectivity index (χ0n) is 21.9. The van der Waals surface area contributed by atoms with Gasteiger partial charge in [-0.2, -0.15) is 0 Å². The third kappa shape index (κ3) is 2.65. The summed E-state index contributed by atoms with van der Waals surface area (Å²) in [5.74, 6) is 3.71. The number of fused-ring (bicyclic) bond motifs is 7. The highest BCUT2D eigenvalue weighted by atomic mass is 16.3. The van der Waals surface area contributed by atoms with Crippen LogP contribution in [0.15, 0.2) is 11.6 Å². The van der Waals surface area contributed by atoms with Gasteiger partial charge in [0.2, 0.25) is 0 Å². The molecule has 1 heteroatoms. The third-order valence-corrected chi connectivity index (χ3v) is 13.4. The third-order valence-electron chi connectivity index (χ3n) is 13.4. The molecular weight excluding hydrogens is 376 g/mol. The summed E-state index contributed by atoms with van der Waals surface area (Å²) in [5.41, 5.74) is 3.27. The van der Waals surface area contributed by atoms with Crippen molar-refractivity contribution in [3.8, 4) is 0 Å². The molecule has 0 heterocycles. The van der Waals surface area contributed by atoms with Crippen LogP contribution in [0.1, 0.15) is 113 Å². The number of hydrogen-bond acceptors (Lipinski definition) is 1. The van der Waals surface area contributed by atoms with Gasteiger partial charge in [0.05, 0.1) is 6.10 Å². The second-order valence-corrected chi connectivity index (χ2v) is 14.7. The Morgan fingerprint density at radius 3 is 2.26 bits per heavy atom. The smallest absolute Gasteiger partial charge is 0.0605 e. The minimum atomic E-state index is -0.158. The quantitative estimate of drug-likeness (QED) is 0.389. The lowest BCUT2D eigenvalue weighted by Crippen LogP contribution is -2.68. The van der Waals surface area contributed by atoms with E-state index in [0.717, 1.165) is 30.6 Å². The molecule has 5 aliphatic rings.